The van der Waals surface area contributed by atoms with E-state index in [9.17, 15) is 0 Å². The van der Waals surface area contributed by atoms with Gasteiger partial charge in [0.1, 0.15) is 0 Å². The van der Waals surface area contributed by atoms with Crippen molar-refractivity contribution in [1.29, 1.82) is 0 Å². The Morgan fingerprint density at radius 1 is 1.25 bits per heavy atom. The molecule has 108 valence electrons. The second-order valence-electron chi connectivity index (χ2n) is 5.11. The molecule has 0 bridgehead atoms. The van der Waals surface area contributed by atoms with E-state index in [1.807, 2.05) is 13.1 Å². The maximum Gasteiger partial charge on any atom is 0.0673 e. The number of benzene rings is 1. The summed E-state index contributed by atoms with van der Waals surface area (Å²) in [6.07, 6.45) is 2.24. The van der Waals surface area contributed by atoms with Gasteiger partial charge in [-0.2, -0.15) is 5.10 Å². The van der Waals surface area contributed by atoms with E-state index in [1.54, 1.807) is 0 Å². The fourth-order valence-corrected chi connectivity index (χ4v) is 2.89. The van der Waals surface area contributed by atoms with Crippen molar-refractivity contribution in [3.05, 3.63) is 51.3 Å². The van der Waals surface area contributed by atoms with Gasteiger partial charge in [0.2, 0.25) is 0 Å². The van der Waals surface area contributed by atoms with E-state index in [-0.39, 0.29) is 0 Å². The molecule has 0 aliphatic heterocycles. The average molecular weight is 336 g/mol. The number of hydrogen-bond acceptors (Lipinski definition) is 2. The molecule has 1 N–H and O–H groups in total. The van der Waals surface area contributed by atoms with Crippen LogP contribution in [0.25, 0.3) is 0 Å². The summed E-state index contributed by atoms with van der Waals surface area (Å²) < 4.78 is 3.26. The molecule has 1 aromatic carbocycles. The van der Waals surface area contributed by atoms with Crippen molar-refractivity contribution in [2.75, 3.05) is 13.6 Å². The first-order valence-corrected chi connectivity index (χ1v) is 7.83. The lowest BCUT2D eigenvalue weighted by atomic mass is 10.1. The third-order valence-corrected chi connectivity index (χ3v) is 4.44. The third kappa shape index (κ3) is 3.49. The van der Waals surface area contributed by atoms with Crippen molar-refractivity contribution >= 4 is 15.9 Å². The van der Waals surface area contributed by atoms with Gasteiger partial charge in [-0.25, -0.2) is 0 Å². The van der Waals surface area contributed by atoms with Crippen molar-refractivity contribution in [3.63, 3.8) is 0 Å². The average Bonchev–Trinajstić information content (AvgIpc) is 2.69. The van der Waals surface area contributed by atoms with Gasteiger partial charge in [0, 0.05) is 10.2 Å². The Labute approximate surface area is 129 Å². The van der Waals surface area contributed by atoms with Crippen LogP contribution in [0.4, 0.5) is 0 Å². The Morgan fingerprint density at radius 2 is 2.00 bits per heavy atom. The number of aryl methyl sites for hydroxylation is 1. The first-order chi connectivity index (χ1) is 9.63. The predicted octanol–water partition coefficient (Wildman–Crippen LogP) is 3.46. The van der Waals surface area contributed by atoms with Gasteiger partial charge >= 0.3 is 0 Å². The highest BCUT2D eigenvalue weighted by molar-refractivity contribution is 9.10. The van der Waals surface area contributed by atoms with Crippen LogP contribution in [-0.4, -0.2) is 23.4 Å². The fourth-order valence-electron chi connectivity index (χ4n) is 2.48. The normalized spacial score (nSPS) is 11.0. The van der Waals surface area contributed by atoms with Crippen LogP contribution in [0.5, 0.6) is 0 Å². The minimum atomic E-state index is 0.820. The van der Waals surface area contributed by atoms with E-state index in [0.29, 0.717) is 0 Å². The summed E-state index contributed by atoms with van der Waals surface area (Å²) in [6, 6.07) is 8.33. The van der Waals surface area contributed by atoms with E-state index in [2.05, 4.69) is 58.0 Å². The van der Waals surface area contributed by atoms with Crippen molar-refractivity contribution in [2.45, 2.75) is 33.2 Å². The van der Waals surface area contributed by atoms with Crippen LogP contribution in [0.2, 0.25) is 0 Å². The van der Waals surface area contributed by atoms with Crippen molar-refractivity contribution < 1.29 is 0 Å². The van der Waals surface area contributed by atoms with Gasteiger partial charge in [0.05, 0.1) is 12.2 Å². The maximum absolute atomic E-state index is 4.70. The molecule has 1 aromatic heterocycles. The number of nitrogens with one attached hydrogen (secondary N) is 1. The van der Waals surface area contributed by atoms with Gasteiger partial charge in [-0.05, 0) is 57.5 Å². The first kappa shape index (κ1) is 15.3. The molecule has 0 radical (unpaired) electrons. The number of aromatic nitrogens is 2. The topological polar surface area (TPSA) is 29.9 Å². The third-order valence-electron chi connectivity index (χ3n) is 3.66. The first-order valence-electron chi connectivity index (χ1n) is 7.04. The number of nitrogens with zero attached hydrogens (tertiary/aromatic N) is 2. The van der Waals surface area contributed by atoms with Crippen LogP contribution in [0.1, 0.15) is 28.9 Å². The Kier molecular flexibility index (Phi) is 5.38. The summed E-state index contributed by atoms with van der Waals surface area (Å²) >= 11 is 3.61. The van der Waals surface area contributed by atoms with Gasteiger partial charge in [-0.15, -0.1) is 0 Å². The van der Waals surface area contributed by atoms with Crippen LogP contribution >= 0.6 is 15.9 Å². The van der Waals surface area contributed by atoms with Crippen LogP contribution in [0.15, 0.2) is 28.7 Å². The zero-order valence-electron chi connectivity index (χ0n) is 12.4. The molecular weight excluding hydrogens is 314 g/mol. The molecule has 2 aromatic rings. The molecule has 1 heterocycles. The van der Waals surface area contributed by atoms with Crippen LogP contribution in [0.3, 0.4) is 0 Å². The molecule has 0 amide bonds. The lowest BCUT2D eigenvalue weighted by molar-refractivity contribution is 0.655. The molecule has 4 heteroatoms. The highest BCUT2D eigenvalue weighted by atomic mass is 79.9. The molecule has 0 saturated carbocycles. The molecule has 0 aliphatic carbocycles. The van der Waals surface area contributed by atoms with E-state index in [1.165, 1.54) is 16.8 Å². The monoisotopic (exact) mass is 335 g/mol. The predicted molar refractivity (Wildman–Crippen MR) is 87.2 cm³/mol. The summed E-state index contributed by atoms with van der Waals surface area (Å²) in [6.45, 7) is 6.15. The Hall–Kier alpha value is -1.13. The quantitative estimate of drug-likeness (QED) is 0.819. The molecule has 0 aliphatic rings. The van der Waals surface area contributed by atoms with Gasteiger partial charge in [0.25, 0.3) is 0 Å². The van der Waals surface area contributed by atoms with Gasteiger partial charge in [-0.3, -0.25) is 4.68 Å². The maximum atomic E-state index is 4.70. The van der Waals surface area contributed by atoms with E-state index < -0.39 is 0 Å². The van der Waals surface area contributed by atoms with Gasteiger partial charge in [-0.1, -0.05) is 34.1 Å². The van der Waals surface area contributed by atoms with Crippen molar-refractivity contribution in [2.24, 2.45) is 0 Å². The number of hydrogen-bond donors (Lipinski definition) is 1. The Bertz CT molecular complexity index is 575. The Morgan fingerprint density at radius 3 is 2.70 bits per heavy atom. The van der Waals surface area contributed by atoms with Crippen LogP contribution in [-0.2, 0) is 13.0 Å². The molecule has 20 heavy (non-hydrogen) atoms. The van der Waals surface area contributed by atoms with E-state index >= 15 is 0 Å². The highest BCUT2D eigenvalue weighted by Gasteiger charge is 2.12. The molecule has 3 nitrogen and oxygen atoms in total. The molecule has 0 spiro atoms. The smallest absolute Gasteiger partial charge is 0.0673 e. The zero-order valence-corrected chi connectivity index (χ0v) is 14.0. The van der Waals surface area contributed by atoms with Crippen LogP contribution in [0, 0.1) is 13.8 Å². The molecule has 0 unspecified atom stereocenters. The zero-order chi connectivity index (χ0) is 14.5. The summed E-state index contributed by atoms with van der Waals surface area (Å²) in [5.74, 6) is 0. The summed E-state index contributed by atoms with van der Waals surface area (Å²) in [4.78, 5) is 0. The van der Waals surface area contributed by atoms with Crippen molar-refractivity contribution in [3.8, 4) is 0 Å². The summed E-state index contributed by atoms with van der Waals surface area (Å²) in [5, 5.41) is 7.90. The standard InChI is InChI=1S/C16H22BrN3/c1-12-15(8-6-10-18-3)13(2)20(19-12)11-14-7-4-5-9-16(14)17/h4-5,7,9,18H,6,8,10-11H2,1-3H3. The lowest BCUT2D eigenvalue weighted by Gasteiger charge is -2.07. The molecular formula is C16H22BrN3. The largest absolute Gasteiger partial charge is 0.320 e. The fraction of sp³-hybridized carbons (Fsp3) is 0.438. The summed E-state index contributed by atoms with van der Waals surface area (Å²) in [7, 11) is 2.00. The molecule has 2 rings (SSSR count). The van der Waals surface area contributed by atoms with E-state index in [4.69, 9.17) is 5.10 Å². The molecule has 0 saturated heterocycles. The minimum Gasteiger partial charge on any atom is -0.320 e. The van der Waals surface area contributed by atoms with Crippen LogP contribution < -0.4 is 5.32 Å². The molecule has 0 atom stereocenters. The number of rotatable bonds is 6. The SMILES string of the molecule is CNCCCc1c(C)nn(Cc2ccccc2Br)c1C. The van der Waals surface area contributed by atoms with Gasteiger partial charge in [0.15, 0.2) is 0 Å². The van der Waals surface area contributed by atoms with E-state index in [0.717, 1.165) is 36.1 Å². The number of halogens is 1. The minimum absolute atomic E-state index is 0.820. The second-order valence-corrected chi connectivity index (χ2v) is 5.96. The highest BCUT2D eigenvalue weighted by Crippen LogP contribution is 2.20. The molecule has 0 fully saturated rings. The summed E-state index contributed by atoms with van der Waals surface area (Å²) in [5.41, 5.74) is 5.10. The van der Waals surface area contributed by atoms with Crippen molar-refractivity contribution in [1.82, 2.24) is 15.1 Å². The van der Waals surface area contributed by atoms with Gasteiger partial charge < -0.3 is 5.32 Å². The Balaban J connectivity index is 2.17. The second kappa shape index (κ2) is 7.04. The lowest BCUT2D eigenvalue weighted by Crippen LogP contribution is -2.09.